The highest BCUT2D eigenvalue weighted by Gasteiger charge is 2.69. The summed E-state index contributed by atoms with van der Waals surface area (Å²) in [5, 5.41) is 9.93. The second-order valence-electron chi connectivity index (χ2n) is 9.70. The van der Waals surface area contributed by atoms with Gasteiger partial charge in [-0.05, 0) is 46.4 Å². The van der Waals surface area contributed by atoms with E-state index in [0.29, 0.717) is 28.2 Å². The van der Waals surface area contributed by atoms with Crippen LogP contribution in [0.25, 0.3) is 11.1 Å². The summed E-state index contributed by atoms with van der Waals surface area (Å²) in [6, 6.07) is 20.2. The molecule has 0 aromatic heterocycles. The fourth-order valence-electron chi connectivity index (χ4n) is 4.70. The van der Waals surface area contributed by atoms with E-state index in [1.165, 1.54) is 17.7 Å². The van der Waals surface area contributed by atoms with Gasteiger partial charge in [0.2, 0.25) is 0 Å². The fourth-order valence-corrected chi connectivity index (χ4v) is 5.32. The van der Waals surface area contributed by atoms with E-state index in [9.17, 15) is 27.1 Å². The Kier molecular flexibility index (Phi) is 9.19. The van der Waals surface area contributed by atoms with Crippen LogP contribution in [0.5, 0.6) is 5.75 Å². The minimum Gasteiger partial charge on any atom is -0.497 e. The van der Waals surface area contributed by atoms with Crippen LogP contribution >= 0.6 is 22.6 Å². The molecule has 4 rings (SSSR count). The maximum absolute atomic E-state index is 13.8. The van der Waals surface area contributed by atoms with Gasteiger partial charge in [0.15, 0.2) is 0 Å². The number of nitrogens with zero attached hydrogens (tertiary/aromatic N) is 2. The second kappa shape index (κ2) is 12.1. The van der Waals surface area contributed by atoms with Crippen molar-refractivity contribution in [2.45, 2.75) is 28.7 Å². The molecule has 0 amide bonds. The predicted octanol–water partition coefficient (Wildman–Crippen LogP) is 6.50. The molecular formula is C29H30F5IN2O2. The summed E-state index contributed by atoms with van der Waals surface area (Å²) in [5.74, 6) is 0.857. The molecule has 1 aliphatic heterocycles. The third-order valence-electron chi connectivity index (χ3n) is 7.16. The molecule has 3 aromatic rings. The van der Waals surface area contributed by atoms with Crippen molar-refractivity contribution in [1.82, 2.24) is 9.80 Å². The monoisotopic (exact) mass is 660 g/mol. The SMILES string of the molecule is COc1ccc(CCN2CCN(Cc3ccc(-c4ccc(C(O)(C(F)(F)F)C(F)(F)I)cc4)cc3)CC2)cc1. The predicted molar refractivity (Wildman–Crippen MR) is 149 cm³/mol. The van der Waals surface area contributed by atoms with Gasteiger partial charge in [-0.2, -0.15) is 22.0 Å². The molecule has 1 unspecified atom stereocenters. The minimum absolute atomic E-state index is 0.326. The van der Waals surface area contributed by atoms with Gasteiger partial charge in [-0.15, -0.1) is 0 Å². The van der Waals surface area contributed by atoms with Gasteiger partial charge in [0.1, 0.15) is 5.75 Å². The average molecular weight is 660 g/mol. The molecule has 210 valence electrons. The summed E-state index contributed by atoms with van der Waals surface area (Å²) < 4.78 is 68.4. The van der Waals surface area contributed by atoms with E-state index in [4.69, 9.17) is 4.74 Å². The third-order valence-corrected chi connectivity index (χ3v) is 7.94. The van der Waals surface area contributed by atoms with E-state index in [0.717, 1.165) is 74.7 Å². The summed E-state index contributed by atoms with van der Waals surface area (Å²) in [6.45, 7) is 5.67. The average Bonchev–Trinajstić information content (AvgIpc) is 2.92. The Labute approximate surface area is 238 Å². The van der Waals surface area contributed by atoms with E-state index in [1.54, 1.807) is 7.11 Å². The number of piperazine rings is 1. The number of hydrogen-bond acceptors (Lipinski definition) is 4. The van der Waals surface area contributed by atoms with E-state index >= 15 is 0 Å². The lowest BCUT2D eigenvalue weighted by atomic mass is 9.91. The van der Waals surface area contributed by atoms with Gasteiger partial charge >= 0.3 is 10.1 Å². The van der Waals surface area contributed by atoms with Crippen molar-refractivity contribution in [3.8, 4) is 16.9 Å². The topological polar surface area (TPSA) is 35.9 Å². The molecule has 3 aromatic carbocycles. The molecule has 1 heterocycles. The van der Waals surface area contributed by atoms with Gasteiger partial charge in [-0.3, -0.25) is 4.90 Å². The number of halogens is 6. The van der Waals surface area contributed by atoms with Crippen LogP contribution < -0.4 is 4.74 Å². The summed E-state index contributed by atoms with van der Waals surface area (Å²) in [4.78, 5) is 4.84. The molecule has 0 saturated carbocycles. The molecule has 10 heteroatoms. The largest absolute Gasteiger partial charge is 0.497 e. The summed E-state index contributed by atoms with van der Waals surface area (Å²) in [7, 11) is 1.66. The third kappa shape index (κ3) is 6.90. The van der Waals surface area contributed by atoms with Crippen LogP contribution in [0.2, 0.25) is 0 Å². The Morgan fingerprint density at radius 3 is 1.72 bits per heavy atom. The maximum atomic E-state index is 13.8. The maximum Gasteiger partial charge on any atom is 0.428 e. The first-order valence-corrected chi connectivity index (χ1v) is 13.6. The Hall–Kier alpha value is -2.28. The van der Waals surface area contributed by atoms with Crippen molar-refractivity contribution in [1.29, 1.82) is 0 Å². The van der Waals surface area contributed by atoms with Gasteiger partial charge in [0.25, 0.3) is 5.60 Å². The van der Waals surface area contributed by atoms with Crippen LogP contribution in [0.4, 0.5) is 22.0 Å². The first kappa shape index (κ1) is 29.7. The zero-order chi connectivity index (χ0) is 28.3. The van der Waals surface area contributed by atoms with Gasteiger partial charge in [0, 0.05) is 61.9 Å². The molecule has 0 bridgehead atoms. The van der Waals surface area contributed by atoms with Crippen LogP contribution in [0, 0.1) is 0 Å². The van der Waals surface area contributed by atoms with Crippen LogP contribution in [0.1, 0.15) is 16.7 Å². The molecule has 0 spiro atoms. The Balaban J connectivity index is 1.30. The van der Waals surface area contributed by atoms with Gasteiger partial charge in [-0.1, -0.05) is 60.7 Å². The zero-order valence-corrected chi connectivity index (χ0v) is 23.6. The lowest BCUT2D eigenvalue weighted by Gasteiger charge is -2.34. The highest BCUT2D eigenvalue weighted by atomic mass is 127. The number of methoxy groups -OCH3 is 1. The highest BCUT2D eigenvalue weighted by molar-refractivity contribution is 14.1. The molecule has 0 radical (unpaired) electrons. The Bertz CT molecular complexity index is 1190. The second-order valence-corrected chi connectivity index (χ2v) is 11.1. The van der Waals surface area contributed by atoms with Crippen molar-refractivity contribution in [3.63, 3.8) is 0 Å². The molecule has 1 N–H and O–H groups in total. The number of alkyl halides is 6. The van der Waals surface area contributed by atoms with E-state index in [-0.39, 0.29) is 0 Å². The number of ether oxygens (including phenoxy) is 1. The standard InChI is InChI=1S/C29H30F5IN2O2/c1-39-26-12-4-21(5-13-26)14-15-36-16-18-37(19-17-36)20-22-2-6-23(7-3-22)24-8-10-25(11-9-24)27(38,28(30,31)32)29(33,34)35/h2-13,38H,14-20H2,1H3. The molecule has 1 atom stereocenters. The molecule has 1 fully saturated rings. The Morgan fingerprint density at radius 2 is 1.23 bits per heavy atom. The van der Waals surface area contributed by atoms with Crippen LogP contribution in [-0.4, -0.2) is 64.8 Å². The van der Waals surface area contributed by atoms with Crippen LogP contribution in [0.3, 0.4) is 0 Å². The molecule has 1 aliphatic rings. The smallest absolute Gasteiger partial charge is 0.428 e. The summed E-state index contributed by atoms with van der Waals surface area (Å²) in [5.41, 5.74) is -1.48. The lowest BCUT2D eigenvalue weighted by molar-refractivity contribution is -0.310. The fraction of sp³-hybridized carbons (Fsp3) is 0.379. The van der Waals surface area contributed by atoms with Crippen molar-refractivity contribution >= 4 is 22.6 Å². The molecule has 39 heavy (non-hydrogen) atoms. The van der Waals surface area contributed by atoms with Gasteiger partial charge < -0.3 is 14.7 Å². The van der Waals surface area contributed by atoms with Crippen molar-refractivity contribution in [2.24, 2.45) is 0 Å². The summed E-state index contributed by atoms with van der Waals surface area (Å²) in [6.07, 6.45) is -4.55. The summed E-state index contributed by atoms with van der Waals surface area (Å²) >= 11 is 0.326. The van der Waals surface area contributed by atoms with Crippen LogP contribution in [0.15, 0.2) is 72.8 Å². The molecule has 0 aliphatic carbocycles. The number of rotatable bonds is 9. The van der Waals surface area contributed by atoms with E-state index in [2.05, 4.69) is 21.9 Å². The van der Waals surface area contributed by atoms with Crippen molar-refractivity contribution in [3.05, 3.63) is 89.5 Å². The molecule has 4 nitrogen and oxygen atoms in total. The number of aliphatic hydroxyl groups is 1. The number of hydrogen-bond donors (Lipinski definition) is 1. The molecular weight excluding hydrogens is 630 g/mol. The van der Waals surface area contributed by atoms with Gasteiger partial charge in [0.05, 0.1) is 7.11 Å². The first-order chi connectivity index (χ1) is 18.4. The Morgan fingerprint density at radius 1 is 0.744 bits per heavy atom. The normalized spacial score (nSPS) is 17.1. The van der Waals surface area contributed by atoms with Crippen molar-refractivity contribution < 1.29 is 31.8 Å². The van der Waals surface area contributed by atoms with Crippen molar-refractivity contribution in [2.75, 3.05) is 39.8 Å². The number of benzene rings is 3. The minimum atomic E-state index is -5.54. The van der Waals surface area contributed by atoms with E-state index < -0.39 is 21.3 Å². The van der Waals surface area contributed by atoms with E-state index in [1.807, 2.05) is 36.4 Å². The van der Waals surface area contributed by atoms with Gasteiger partial charge in [-0.25, -0.2) is 0 Å². The zero-order valence-electron chi connectivity index (χ0n) is 21.4. The van der Waals surface area contributed by atoms with Crippen LogP contribution in [-0.2, 0) is 18.6 Å². The quantitative estimate of drug-likeness (QED) is 0.162. The first-order valence-electron chi connectivity index (χ1n) is 12.5. The lowest BCUT2D eigenvalue weighted by Crippen LogP contribution is -2.53. The molecule has 1 saturated heterocycles. The highest BCUT2D eigenvalue weighted by Crippen LogP contribution is 2.52.